The molecule has 1 aliphatic heterocycles. The largest absolute Gasteiger partial charge is 0.394 e. The number of aliphatic hydroxyl groups is 2. The Kier molecular flexibility index (Phi) is 8.11. The molecule has 40 heavy (non-hydrogen) atoms. The van der Waals surface area contributed by atoms with Crippen LogP contribution in [0.15, 0.2) is 39.8 Å². The fraction of sp³-hybridized carbons (Fsp3) is 0.481. The van der Waals surface area contributed by atoms with Crippen LogP contribution < -0.4 is 0 Å². The molecule has 1 aliphatic rings. The summed E-state index contributed by atoms with van der Waals surface area (Å²) in [7, 11) is 0. The van der Waals surface area contributed by atoms with Gasteiger partial charge < -0.3 is 24.2 Å². The molecule has 1 aromatic carbocycles. The average Bonchev–Trinajstić information content (AvgIpc) is 3.69. The van der Waals surface area contributed by atoms with Gasteiger partial charge in [-0.3, -0.25) is 0 Å². The first-order valence-corrected chi connectivity index (χ1v) is 13.8. The molecule has 2 N–H and O–H groups in total. The molecule has 0 unspecified atom stereocenters. The van der Waals surface area contributed by atoms with E-state index in [4.69, 9.17) is 14.0 Å². The zero-order valence-corrected chi connectivity index (χ0v) is 23.3. The summed E-state index contributed by atoms with van der Waals surface area (Å²) in [4.78, 5) is 4.27. The van der Waals surface area contributed by atoms with Crippen LogP contribution in [-0.4, -0.2) is 66.4 Å². The third-order valence-corrected chi connectivity index (χ3v) is 7.60. The van der Waals surface area contributed by atoms with Gasteiger partial charge in [0.25, 0.3) is 0 Å². The fourth-order valence-corrected chi connectivity index (χ4v) is 5.23. The number of nitrogens with zero attached hydrogens (tertiary/aromatic N) is 5. The van der Waals surface area contributed by atoms with Crippen LogP contribution in [0.2, 0.25) is 0 Å². The van der Waals surface area contributed by atoms with E-state index in [1.54, 1.807) is 5.51 Å². The second kappa shape index (κ2) is 11.4. The van der Waals surface area contributed by atoms with Gasteiger partial charge in [-0.15, -0.1) is 16.4 Å². The molecule has 10 nitrogen and oxygen atoms in total. The van der Waals surface area contributed by atoms with Gasteiger partial charge in [0.15, 0.2) is 11.6 Å². The first-order chi connectivity index (χ1) is 19.1. The van der Waals surface area contributed by atoms with Gasteiger partial charge in [-0.2, -0.15) is 0 Å². The molecule has 0 spiro atoms. The van der Waals surface area contributed by atoms with E-state index in [2.05, 4.69) is 20.5 Å². The summed E-state index contributed by atoms with van der Waals surface area (Å²) < 4.78 is 48.4. The van der Waals surface area contributed by atoms with E-state index < -0.39 is 48.7 Å². The topological polar surface area (TPSA) is 129 Å². The van der Waals surface area contributed by atoms with Crippen LogP contribution in [0.5, 0.6) is 0 Å². The van der Waals surface area contributed by atoms with Gasteiger partial charge in [-0.05, 0) is 18.6 Å². The van der Waals surface area contributed by atoms with Gasteiger partial charge in [0.1, 0.15) is 35.8 Å². The van der Waals surface area contributed by atoms with Crippen molar-refractivity contribution in [2.24, 2.45) is 0 Å². The minimum Gasteiger partial charge on any atom is -0.394 e. The lowest BCUT2D eigenvalue weighted by molar-refractivity contribution is -0.221. The van der Waals surface area contributed by atoms with Crippen molar-refractivity contribution in [2.75, 3.05) is 6.61 Å². The Morgan fingerprint density at radius 1 is 1.18 bits per heavy atom. The van der Waals surface area contributed by atoms with Crippen molar-refractivity contribution in [3.05, 3.63) is 69.6 Å². The molecule has 214 valence electrons. The van der Waals surface area contributed by atoms with Crippen molar-refractivity contribution in [1.82, 2.24) is 25.1 Å². The number of benzene rings is 1. The number of halogens is 2. The van der Waals surface area contributed by atoms with Gasteiger partial charge in [0.2, 0.25) is 0 Å². The summed E-state index contributed by atoms with van der Waals surface area (Å²) in [6, 6.07) is 3.82. The summed E-state index contributed by atoms with van der Waals surface area (Å²) in [5.41, 5.74) is 3.08. The maximum Gasteiger partial charge on any atom is 0.168 e. The number of rotatable bonds is 8. The maximum absolute atomic E-state index is 14.7. The van der Waals surface area contributed by atoms with Crippen LogP contribution in [0, 0.1) is 18.6 Å². The van der Waals surface area contributed by atoms with Crippen LogP contribution in [0.1, 0.15) is 49.5 Å². The van der Waals surface area contributed by atoms with E-state index in [9.17, 15) is 19.0 Å². The molecular formula is C27H31F2N5O5S. The van der Waals surface area contributed by atoms with Crippen molar-refractivity contribution in [3.8, 4) is 11.3 Å². The van der Waals surface area contributed by atoms with Gasteiger partial charge in [0, 0.05) is 28.8 Å². The summed E-state index contributed by atoms with van der Waals surface area (Å²) >= 11 is 1.42. The molecule has 1 saturated heterocycles. The second-order valence-corrected chi connectivity index (χ2v) is 11.6. The number of hydrogen-bond donors (Lipinski definition) is 2. The second-order valence-electron chi connectivity index (χ2n) is 10.9. The highest BCUT2D eigenvalue weighted by atomic mass is 32.1. The lowest BCUT2D eigenvalue weighted by Crippen LogP contribution is -2.57. The van der Waals surface area contributed by atoms with E-state index in [1.165, 1.54) is 41.3 Å². The summed E-state index contributed by atoms with van der Waals surface area (Å²) in [6.07, 6.45) is -2.13. The third kappa shape index (κ3) is 5.70. The van der Waals surface area contributed by atoms with Gasteiger partial charge in [0.05, 0.1) is 42.4 Å². The molecule has 0 radical (unpaired) electrons. The average molecular weight is 576 g/mol. The molecule has 4 heterocycles. The highest BCUT2D eigenvalue weighted by molar-refractivity contribution is 7.07. The van der Waals surface area contributed by atoms with E-state index in [-0.39, 0.29) is 35.3 Å². The van der Waals surface area contributed by atoms with Crippen molar-refractivity contribution >= 4 is 11.3 Å². The van der Waals surface area contributed by atoms with Crippen LogP contribution in [0.25, 0.3) is 11.3 Å². The zero-order chi connectivity index (χ0) is 28.6. The van der Waals surface area contributed by atoms with Gasteiger partial charge in [-0.1, -0.05) is 37.2 Å². The maximum atomic E-state index is 14.7. The van der Waals surface area contributed by atoms with Crippen molar-refractivity contribution in [1.29, 1.82) is 0 Å². The van der Waals surface area contributed by atoms with Gasteiger partial charge in [-0.25, -0.2) is 18.4 Å². The van der Waals surface area contributed by atoms with Crippen molar-refractivity contribution in [3.63, 3.8) is 0 Å². The normalized spacial score (nSPS) is 23.6. The quantitative estimate of drug-likeness (QED) is 0.323. The minimum absolute atomic E-state index is 0.0672. The van der Waals surface area contributed by atoms with Crippen LogP contribution in [0.3, 0.4) is 0 Å². The van der Waals surface area contributed by atoms with E-state index in [0.29, 0.717) is 11.5 Å². The van der Waals surface area contributed by atoms with Crippen LogP contribution >= 0.6 is 11.3 Å². The molecule has 0 aliphatic carbocycles. The number of aliphatic hydroxyl groups excluding tert-OH is 2. The standard InChI is InChI=1S/C27H31F2N5O5S/c1-14-5-6-17(23(29)22(14)28)18-9-34(33-31-18)24-25(36)20(10-35)38-19(26(24)37-11-15-12-40-13-30-15)7-16-8-21(32-39-16)27(2,3)4/h5-6,8-9,12-13,19-20,24-26,35-36H,7,10-11H2,1-4H3/t19-,20-,24+,25+,26+/m1/s1. The number of ether oxygens (including phenoxy) is 2. The van der Waals surface area contributed by atoms with Crippen molar-refractivity contribution < 1.29 is 33.0 Å². The predicted molar refractivity (Wildman–Crippen MR) is 140 cm³/mol. The molecule has 13 heteroatoms. The Morgan fingerprint density at radius 2 is 1.98 bits per heavy atom. The monoisotopic (exact) mass is 575 g/mol. The molecule has 5 atom stereocenters. The SMILES string of the molecule is Cc1ccc(-c2cn([C@H]3[C@@H](O)[C@@H](CO)O[C@H](Cc4cc(C(C)(C)C)no4)[C@@H]3OCc3cscn3)nn2)c(F)c1F. The highest BCUT2D eigenvalue weighted by Gasteiger charge is 2.48. The fourth-order valence-electron chi connectivity index (χ4n) is 4.69. The zero-order valence-electron chi connectivity index (χ0n) is 22.5. The number of aryl methyl sites for hydroxylation is 1. The molecule has 0 bridgehead atoms. The first kappa shape index (κ1) is 28.4. The molecule has 0 amide bonds. The van der Waals surface area contributed by atoms with E-state index in [1.807, 2.05) is 32.2 Å². The first-order valence-electron chi connectivity index (χ1n) is 12.8. The number of aromatic nitrogens is 5. The Labute approximate surface area is 233 Å². The molecule has 0 saturated carbocycles. The Hall–Kier alpha value is -3.10. The molecule has 5 rings (SSSR count). The number of hydrogen-bond acceptors (Lipinski definition) is 10. The molecule has 3 aromatic heterocycles. The Bertz CT molecular complexity index is 1440. The summed E-state index contributed by atoms with van der Waals surface area (Å²) in [6.45, 7) is 7.16. The number of thiazole rings is 1. The molecule has 4 aromatic rings. The third-order valence-electron chi connectivity index (χ3n) is 6.97. The smallest absolute Gasteiger partial charge is 0.168 e. The Balaban J connectivity index is 1.50. The van der Waals surface area contributed by atoms with Crippen LogP contribution in [-0.2, 0) is 27.9 Å². The minimum atomic E-state index is -1.27. The molecule has 1 fully saturated rings. The Morgan fingerprint density at radius 3 is 2.65 bits per heavy atom. The van der Waals surface area contributed by atoms with E-state index in [0.717, 1.165) is 5.69 Å². The van der Waals surface area contributed by atoms with E-state index >= 15 is 0 Å². The van der Waals surface area contributed by atoms with Crippen LogP contribution in [0.4, 0.5) is 8.78 Å². The molecular weight excluding hydrogens is 544 g/mol. The van der Waals surface area contributed by atoms with Crippen molar-refractivity contribution in [2.45, 2.75) is 76.6 Å². The van der Waals surface area contributed by atoms with Gasteiger partial charge >= 0.3 is 0 Å². The predicted octanol–water partition coefficient (Wildman–Crippen LogP) is 3.76. The highest BCUT2D eigenvalue weighted by Crippen LogP contribution is 2.36. The summed E-state index contributed by atoms with van der Waals surface area (Å²) in [5, 5.41) is 35.6. The summed E-state index contributed by atoms with van der Waals surface area (Å²) in [5.74, 6) is -1.47. The lowest BCUT2D eigenvalue weighted by atomic mass is 9.89. The lowest BCUT2D eigenvalue weighted by Gasteiger charge is -2.44.